The number of carbonyl (C=O) groups excluding carboxylic acids is 3. The van der Waals surface area contributed by atoms with E-state index in [0.29, 0.717) is 67.8 Å². The number of rotatable bonds is 10. The number of benzene rings is 4. The van der Waals surface area contributed by atoms with Crippen LogP contribution in [0.5, 0.6) is 0 Å². The van der Waals surface area contributed by atoms with E-state index in [0.717, 1.165) is 76.6 Å². The van der Waals surface area contributed by atoms with Gasteiger partial charge in [0.05, 0.1) is 12.1 Å². The van der Waals surface area contributed by atoms with Crippen molar-refractivity contribution in [1.29, 1.82) is 0 Å². The van der Waals surface area contributed by atoms with Gasteiger partial charge in [-0.05, 0) is 187 Å². The van der Waals surface area contributed by atoms with Crippen LogP contribution in [0.15, 0.2) is 128 Å². The second-order valence-electron chi connectivity index (χ2n) is 26.9. The second kappa shape index (κ2) is 26.5. The SMILES string of the molecule is CC(C)C1=C(C(=O)N2[C@H](C)CC[C@H]2C(=O)N2CCNC(C)(C)C2)SC2=N[C@@](C)(c3ccc(Cl)cc3)[C@@H](c3ccc(Cl)cc3)N21.CC(C)C1=C(C(=O)N2[C@H](C)CC[C@H]2C(=O)O)SC2=N[C@@](C)(c3ccc(Cl)cc3)[C@@H](c3ccc(Cl)cc3)N21.CC1(C)CNCCN1. The fourth-order valence-electron chi connectivity index (χ4n) is 14.0. The van der Waals surface area contributed by atoms with Crippen molar-refractivity contribution < 1.29 is 24.3 Å². The number of nitrogens with zero attached hydrogens (tertiary/aromatic N) is 7. The minimum atomic E-state index is -0.959. The normalized spacial score (nSPS) is 27.7. The molecule has 89 heavy (non-hydrogen) atoms. The number of amides is 3. The van der Waals surface area contributed by atoms with Gasteiger partial charge in [-0.15, -0.1) is 0 Å². The van der Waals surface area contributed by atoms with Gasteiger partial charge < -0.3 is 45.6 Å². The molecule has 4 fully saturated rings. The van der Waals surface area contributed by atoms with Crippen LogP contribution >= 0.6 is 69.9 Å². The predicted octanol–water partition coefficient (Wildman–Crippen LogP) is 13.5. The maximum atomic E-state index is 14.6. The van der Waals surface area contributed by atoms with E-state index in [1.807, 2.05) is 114 Å². The number of hydrogen-bond donors (Lipinski definition) is 4. The first kappa shape index (κ1) is 66.8. The summed E-state index contributed by atoms with van der Waals surface area (Å²) < 4.78 is 0. The molecule has 0 bridgehead atoms. The van der Waals surface area contributed by atoms with Crippen molar-refractivity contribution in [3.8, 4) is 0 Å². The zero-order valence-corrected chi connectivity index (χ0v) is 57.6. The minimum Gasteiger partial charge on any atom is -0.480 e. The molecule has 3 amide bonds. The Morgan fingerprint density at radius 1 is 0.551 bits per heavy atom. The van der Waals surface area contributed by atoms with Crippen LogP contribution in [0, 0.1) is 11.8 Å². The Morgan fingerprint density at radius 2 is 0.944 bits per heavy atom. The number of aliphatic carboxylic acids is 1. The van der Waals surface area contributed by atoms with Crippen molar-refractivity contribution in [2.45, 2.75) is 167 Å². The van der Waals surface area contributed by atoms with E-state index in [1.54, 1.807) is 4.90 Å². The van der Waals surface area contributed by atoms with Gasteiger partial charge >= 0.3 is 5.97 Å². The number of carbonyl (C=O) groups is 4. The van der Waals surface area contributed by atoms with Crippen molar-refractivity contribution >= 4 is 104 Å². The van der Waals surface area contributed by atoms with E-state index in [4.69, 9.17) is 56.4 Å². The van der Waals surface area contributed by atoms with E-state index in [9.17, 15) is 24.3 Å². The summed E-state index contributed by atoms with van der Waals surface area (Å²) in [4.78, 5) is 76.1. The number of amidine groups is 2. The highest BCUT2D eigenvalue weighted by Gasteiger charge is 2.57. The molecule has 4 saturated heterocycles. The molecular weight excluding hydrogens is 1240 g/mol. The molecule has 12 rings (SSSR count). The highest BCUT2D eigenvalue weighted by molar-refractivity contribution is 8.18. The molecule has 21 heteroatoms. The van der Waals surface area contributed by atoms with E-state index in [1.165, 1.54) is 23.5 Å². The summed E-state index contributed by atoms with van der Waals surface area (Å²) in [6.07, 6.45) is 2.62. The number of piperazine rings is 2. The number of carboxylic acid groups (broad SMARTS) is 1. The Bertz CT molecular complexity index is 3460. The van der Waals surface area contributed by atoms with Crippen LogP contribution in [-0.2, 0) is 30.3 Å². The topological polar surface area (TPSA) is 166 Å². The molecule has 8 heterocycles. The molecule has 4 aromatic rings. The summed E-state index contributed by atoms with van der Waals surface area (Å²) in [5, 5.41) is 24.2. The van der Waals surface area contributed by atoms with Gasteiger partial charge in [0.15, 0.2) is 10.3 Å². The fraction of sp³-hybridized carbons (Fsp3) is 0.500. The van der Waals surface area contributed by atoms with Gasteiger partial charge in [0, 0.05) is 93.9 Å². The highest BCUT2D eigenvalue weighted by atomic mass is 35.5. The largest absolute Gasteiger partial charge is 0.480 e. The molecule has 0 radical (unpaired) electrons. The molecule has 0 aromatic heterocycles. The zero-order valence-electron chi connectivity index (χ0n) is 53.0. The number of thioether (sulfide) groups is 2. The molecule has 8 aliphatic rings. The Morgan fingerprint density at radius 3 is 1.30 bits per heavy atom. The van der Waals surface area contributed by atoms with Gasteiger partial charge in [-0.25, -0.2) is 14.8 Å². The van der Waals surface area contributed by atoms with Crippen molar-refractivity contribution in [3.05, 3.63) is 161 Å². The van der Waals surface area contributed by atoms with Crippen LogP contribution in [0.3, 0.4) is 0 Å². The molecule has 0 aliphatic carbocycles. The van der Waals surface area contributed by atoms with Gasteiger partial charge in [-0.1, -0.05) is 123 Å². The van der Waals surface area contributed by atoms with E-state index < -0.39 is 29.1 Å². The number of nitrogens with one attached hydrogen (secondary N) is 3. The van der Waals surface area contributed by atoms with Gasteiger partial charge in [0.1, 0.15) is 33.0 Å². The van der Waals surface area contributed by atoms with Gasteiger partial charge in [-0.2, -0.15) is 0 Å². The lowest BCUT2D eigenvalue weighted by molar-refractivity contribution is -0.147. The number of aliphatic imine (C=N–C) groups is 2. The third-order valence-corrected chi connectivity index (χ3v) is 21.6. The molecule has 0 spiro atoms. The van der Waals surface area contributed by atoms with Crippen LogP contribution in [0.2, 0.25) is 20.1 Å². The summed E-state index contributed by atoms with van der Waals surface area (Å²) in [6, 6.07) is 29.4. The Balaban J connectivity index is 0.000000176. The van der Waals surface area contributed by atoms with Gasteiger partial charge in [-0.3, -0.25) is 14.4 Å². The molecule has 15 nitrogen and oxygen atoms in total. The standard InChI is InChI=1S/C34H41Cl2N5O2S.C28H29Cl2N3O3S.C6H14N2/c1-20(2)27-28(31(43)40-21(3)7-16-26(40)30(42)39-18-17-37-33(4,5)19-39)44-32-38-34(6,23-10-14-25(36)15-11-23)29(41(27)32)22-8-12-24(35)13-9-22;1-15(2)22-23(25(34)32-16(3)5-14-21(32)26(35)36)37-27-31-28(4,18-8-12-20(30)13-9-18)24(33(22)27)17-6-10-19(29)11-7-17;1-6(2)5-7-3-4-8-6/h8-15,20-21,26,29,37H,7,16-19H2,1-6H3;6-13,15-16,21,24H,5,14H2,1-4H3,(H,35,36);7-8H,3-5H2,1-2H3/t21-,26+,29-,34+;16-,21+,24-,28+;/m11./s1. The number of halogens is 4. The molecule has 0 unspecified atom stereocenters. The average molecular weight is 1330 g/mol. The minimum absolute atomic E-state index is 0.00250. The molecule has 476 valence electrons. The van der Waals surface area contributed by atoms with Crippen LogP contribution < -0.4 is 16.0 Å². The van der Waals surface area contributed by atoms with Crippen molar-refractivity contribution in [1.82, 2.24) is 40.4 Å². The Hall–Kier alpha value is -5.08. The first-order valence-corrected chi connectivity index (χ1v) is 34.2. The van der Waals surface area contributed by atoms with Crippen molar-refractivity contribution in [2.24, 2.45) is 21.8 Å². The smallest absolute Gasteiger partial charge is 0.326 e. The van der Waals surface area contributed by atoms with Gasteiger partial charge in [0.2, 0.25) is 5.91 Å². The molecule has 8 atom stereocenters. The number of carboxylic acids is 1. The molecule has 8 aliphatic heterocycles. The molecule has 4 N–H and O–H groups in total. The maximum absolute atomic E-state index is 14.6. The van der Waals surface area contributed by atoms with E-state index in [2.05, 4.69) is 102 Å². The number of allylic oxidation sites excluding steroid dienone is 2. The fourth-order valence-corrected chi connectivity index (χ4v) is 17.2. The monoisotopic (exact) mass is 1320 g/mol. The van der Waals surface area contributed by atoms with Crippen LogP contribution in [0.1, 0.15) is 143 Å². The lowest BCUT2D eigenvalue weighted by atomic mass is 9.81. The van der Waals surface area contributed by atoms with E-state index >= 15 is 0 Å². The quantitative estimate of drug-likeness (QED) is 0.119. The van der Waals surface area contributed by atoms with Crippen LogP contribution in [-0.4, -0.2) is 138 Å². The van der Waals surface area contributed by atoms with Gasteiger partial charge in [0.25, 0.3) is 11.8 Å². The zero-order chi connectivity index (χ0) is 64.2. The first-order chi connectivity index (χ1) is 42.0. The third-order valence-electron chi connectivity index (χ3n) is 18.5. The van der Waals surface area contributed by atoms with Crippen LogP contribution in [0.25, 0.3) is 0 Å². The third kappa shape index (κ3) is 13.5. The summed E-state index contributed by atoms with van der Waals surface area (Å²) in [7, 11) is 0. The van der Waals surface area contributed by atoms with Crippen molar-refractivity contribution in [3.63, 3.8) is 0 Å². The number of likely N-dealkylation sites (tertiary alicyclic amines) is 2. The maximum Gasteiger partial charge on any atom is 0.326 e. The Kier molecular flexibility index (Phi) is 19.9. The summed E-state index contributed by atoms with van der Waals surface area (Å²) in [5.74, 6) is -1.16. The lowest BCUT2D eigenvalue weighted by Crippen LogP contribution is -2.61. The lowest BCUT2D eigenvalue weighted by Gasteiger charge is -2.41. The number of fused-ring (bicyclic) bond motifs is 2. The van der Waals surface area contributed by atoms with Crippen LogP contribution in [0.4, 0.5) is 0 Å². The predicted molar refractivity (Wildman–Crippen MR) is 363 cm³/mol. The molecular formula is C68H84Cl4N10O5S2. The molecule has 0 saturated carbocycles. The summed E-state index contributed by atoms with van der Waals surface area (Å²) in [6.45, 7) is 30.6. The number of hydrogen-bond acceptors (Lipinski definition) is 13. The molecule has 4 aromatic carbocycles. The Labute approximate surface area is 553 Å². The summed E-state index contributed by atoms with van der Waals surface area (Å²) >= 11 is 27.8. The first-order valence-electron chi connectivity index (χ1n) is 31.1. The van der Waals surface area contributed by atoms with E-state index in [-0.39, 0.29) is 59.3 Å². The highest BCUT2D eigenvalue weighted by Crippen LogP contribution is 2.59. The summed E-state index contributed by atoms with van der Waals surface area (Å²) in [5.41, 5.74) is 4.82. The second-order valence-corrected chi connectivity index (χ2v) is 30.6. The average Bonchev–Trinajstić information content (AvgIpc) is 1.58. The van der Waals surface area contributed by atoms with Crippen molar-refractivity contribution in [2.75, 3.05) is 39.3 Å².